The number of benzene rings is 2. The molecule has 0 aliphatic rings. The van der Waals surface area contributed by atoms with E-state index >= 15 is 0 Å². The first-order valence-corrected chi connectivity index (χ1v) is 8.37. The first-order chi connectivity index (χ1) is 11.9. The monoisotopic (exact) mass is 403 g/mol. The third-order valence-electron chi connectivity index (χ3n) is 3.48. The van der Waals surface area contributed by atoms with Crippen LogP contribution in [-0.2, 0) is 16.0 Å². The lowest BCUT2D eigenvalue weighted by molar-refractivity contribution is -0.119. The molecule has 3 amide bonds. The van der Waals surface area contributed by atoms with E-state index in [-0.39, 0.29) is 12.3 Å². The molecule has 2 aromatic carbocycles. The van der Waals surface area contributed by atoms with Crippen LogP contribution >= 0.6 is 15.9 Å². The minimum atomic E-state index is -0.851. The van der Waals surface area contributed by atoms with Gasteiger partial charge < -0.3 is 16.4 Å². The molecule has 0 aromatic heterocycles. The highest BCUT2D eigenvalue weighted by molar-refractivity contribution is 9.10. The molecule has 0 radical (unpaired) electrons. The third-order valence-corrected chi connectivity index (χ3v) is 4.25. The maximum absolute atomic E-state index is 12.4. The zero-order valence-electron chi connectivity index (χ0n) is 13.6. The Balaban J connectivity index is 2.14. The van der Waals surface area contributed by atoms with Crippen molar-refractivity contribution in [3.8, 4) is 0 Å². The summed E-state index contributed by atoms with van der Waals surface area (Å²) in [7, 11) is 0. The summed E-state index contributed by atoms with van der Waals surface area (Å²) < 4.78 is 0.836. The second-order valence-electron chi connectivity index (χ2n) is 5.49. The Morgan fingerprint density at radius 3 is 2.48 bits per heavy atom. The van der Waals surface area contributed by atoms with Crippen LogP contribution in [0.1, 0.15) is 22.8 Å². The Bertz CT molecular complexity index is 808. The van der Waals surface area contributed by atoms with Gasteiger partial charge in [0.2, 0.25) is 11.8 Å². The van der Waals surface area contributed by atoms with Gasteiger partial charge in [-0.3, -0.25) is 14.4 Å². The van der Waals surface area contributed by atoms with Gasteiger partial charge in [0, 0.05) is 29.1 Å². The van der Waals surface area contributed by atoms with Crippen LogP contribution in [0.4, 0.5) is 5.69 Å². The second-order valence-corrected chi connectivity index (χ2v) is 6.34. The summed E-state index contributed by atoms with van der Waals surface area (Å²) in [4.78, 5) is 35.3. The van der Waals surface area contributed by atoms with Crippen LogP contribution in [0.25, 0.3) is 0 Å². The predicted molar refractivity (Wildman–Crippen MR) is 99.0 cm³/mol. The van der Waals surface area contributed by atoms with Gasteiger partial charge in [-0.15, -0.1) is 0 Å². The summed E-state index contributed by atoms with van der Waals surface area (Å²) in [5.74, 6) is -1.30. The van der Waals surface area contributed by atoms with Crippen molar-refractivity contribution < 1.29 is 14.4 Å². The van der Waals surface area contributed by atoms with E-state index in [4.69, 9.17) is 5.73 Å². The SMILES string of the molecule is CC(=O)Nc1cccc(C(=O)N[C@@H](Cc2ccccc2Br)C(N)=O)c1. The molecule has 130 valence electrons. The largest absolute Gasteiger partial charge is 0.368 e. The predicted octanol–water partition coefficient (Wildman–Crippen LogP) is 2.23. The van der Waals surface area contributed by atoms with Gasteiger partial charge in [-0.25, -0.2) is 0 Å². The van der Waals surface area contributed by atoms with Gasteiger partial charge in [0.1, 0.15) is 6.04 Å². The highest BCUT2D eigenvalue weighted by Gasteiger charge is 2.20. The molecule has 1 atom stereocenters. The van der Waals surface area contributed by atoms with Gasteiger partial charge in [-0.05, 0) is 29.8 Å². The number of carbonyl (C=O) groups is 3. The van der Waals surface area contributed by atoms with Gasteiger partial charge in [0.25, 0.3) is 5.91 Å². The van der Waals surface area contributed by atoms with Crippen molar-refractivity contribution in [2.45, 2.75) is 19.4 Å². The van der Waals surface area contributed by atoms with Crippen molar-refractivity contribution in [3.63, 3.8) is 0 Å². The minimum Gasteiger partial charge on any atom is -0.368 e. The lowest BCUT2D eigenvalue weighted by atomic mass is 10.0. The number of hydrogen-bond acceptors (Lipinski definition) is 3. The molecule has 0 aliphatic carbocycles. The van der Waals surface area contributed by atoms with Crippen LogP contribution < -0.4 is 16.4 Å². The van der Waals surface area contributed by atoms with E-state index in [9.17, 15) is 14.4 Å². The molecule has 0 heterocycles. The molecule has 0 spiro atoms. The summed E-state index contributed by atoms with van der Waals surface area (Å²) in [5.41, 5.74) is 7.12. The summed E-state index contributed by atoms with van der Waals surface area (Å²) in [6, 6.07) is 13.0. The van der Waals surface area contributed by atoms with Crippen molar-refractivity contribution in [1.82, 2.24) is 5.32 Å². The molecule has 7 heteroatoms. The van der Waals surface area contributed by atoms with E-state index < -0.39 is 17.9 Å². The number of nitrogens with one attached hydrogen (secondary N) is 2. The van der Waals surface area contributed by atoms with Crippen LogP contribution in [-0.4, -0.2) is 23.8 Å². The van der Waals surface area contributed by atoms with Crippen LogP contribution in [0.3, 0.4) is 0 Å². The second kappa shape index (κ2) is 8.43. The smallest absolute Gasteiger partial charge is 0.252 e. The average Bonchev–Trinajstić information content (AvgIpc) is 2.55. The molecule has 4 N–H and O–H groups in total. The molecular formula is C18H18BrN3O3. The van der Waals surface area contributed by atoms with E-state index in [0.29, 0.717) is 11.3 Å². The lowest BCUT2D eigenvalue weighted by Gasteiger charge is -2.17. The van der Waals surface area contributed by atoms with Gasteiger partial charge in [-0.2, -0.15) is 0 Å². The molecule has 6 nitrogen and oxygen atoms in total. The summed E-state index contributed by atoms with van der Waals surface area (Å²) in [5, 5.41) is 5.25. The number of rotatable bonds is 6. The lowest BCUT2D eigenvalue weighted by Crippen LogP contribution is -2.45. The summed E-state index contributed by atoms with van der Waals surface area (Å²) in [6.07, 6.45) is 0.272. The van der Waals surface area contributed by atoms with Crippen LogP contribution in [0.15, 0.2) is 53.0 Å². The van der Waals surface area contributed by atoms with Crippen molar-refractivity contribution in [1.29, 1.82) is 0 Å². The van der Waals surface area contributed by atoms with Crippen LogP contribution in [0.5, 0.6) is 0 Å². The number of hydrogen-bond donors (Lipinski definition) is 3. The van der Waals surface area contributed by atoms with E-state index in [1.165, 1.54) is 13.0 Å². The number of carbonyl (C=O) groups excluding carboxylic acids is 3. The maximum Gasteiger partial charge on any atom is 0.252 e. The normalized spacial score (nSPS) is 11.4. The fourth-order valence-corrected chi connectivity index (χ4v) is 2.74. The molecule has 0 fully saturated rings. The molecule has 0 saturated carbocycles. The first-order valence-electron chi connectivity index (χ1n) is 7.58. The third kappa shape index (κ3) is 5.42. The quantitative estimate of drug-likeness (QED) is 0.688. The highest BCUT2D eigenvalue weighted by atomic mass is 79.9. The Morgan fingerprint density at radius 1 is 1.12 bits per heavy atom. The zero-order chi connectivity index (χ0) is 18.4. The molecule has 2 aromatic rings. The summed E-state index contributed by atoms with van der Waals surface area (Å²) in [6.45, 7) is 1.38. The standard InChI is InChI=1S/C18H18BrN3O3/c1-11(23)21-14-7-4-6-13(9-14)18(25)22-16(17(20)24)10-12-5-2-3-8-15(12)19/h2-9,16H,10H2,1H3,(H2,20,24)(H,21,23)(H,22,25)/t16-/m0/s1. The van der Waals surface area contributed by atoms with Gasteiger partial charge in [-0.1, -0.05) is 40.2 Å². The number of anilines is 1. The topological polar surface area (TPSA) is 101 Å². The minimum absolute atomic E-state index is 0.235. The fourth-order valence-electron chi connectivity index (χ4n) is 2.29. The van der Waals surface area contributed by atoms with Crippen molar-refractivity contribution in [3.05, 3.63) is 64.1 Å². The molecule has 25 heavy (non-hydrogen) atoms. The van der Waals surface area contributed by atoms with E-state index in [2.05, 4.69) is 26.6 Å². The van der Waals surface area contributed by atoms with Crippen molar-refractivity contribution >= 4 is 39.3 Å². The first kappa shape index (κ1) is 18.7. The Kier molecular flexibility index (Phi) is 6.30. The Hall–Kier alpha value is -2.67. The molecule has 2 rings (SSSR count). The zero-order valence-corrected chi connectivity index (χ0v) is 15.2. The van der Waals surface area contributed by atoms with E-state index in [1.807, 2.05) is 24.3 Å². The van der Waals surface area contributed by atoms with Crippen LogP contribution in [0, 0.1) is 0 Å². The number of nitrogens with two attached hydrogens (primary N) is 1. The van der Waals surface area contributed by atoms with Gasteiger partial charge in [0.15, 0.2) is 0 Å². The van der Waals surface area contributed by atoms with E-state index in [1.54, 1.807) is 18.2 Å². The van der Waals surface area contributed by atoms with Gasteiger partial charge >= 0.3 is 0 Å². The van der Waals surface area contributed by atoms with Crippen LogP contribution in [0.2, 0.25) is 0 Å². The molecule has 0 bridgehead atoms. The van der Waals surface area contributed by atoms with Crippen molar-refractivity contribution in [2.75, 3.05) is 5.32 Å². The molecular weight excluding hydrogens is 386 g/mol. The average molecular weight is 404 g/mol. The number of primary amides is 1. The maximum atomic E-state index is 12.4. The number of halogens is 1. The fraction of sp³-hybridized carbons (Fsp3) is 0.167. The Labute approximate surface area is 153 Å². The summed E-state index contributed by atoms with van der Waals surface area (Å²) >= 11 is 3.41. The molecule has 0 saturated heterocycles. The highest BCUT2D eigenvalue weighted by Crippen LogP contribution is 2.18. The number of amides is 3. The van der Waals surface area contributed by atoms with Gasteiger partial charge in [0.05, 0.1) is 0 Å². The van der Waals surface area contributed by atoms with Crippen molar-refractivity contribution in [2.24, 2.45) is 5.73 Å². The molecule has 0 aliphatic heterocycles. The Morgan fingerprint density at radius 2 is 1.84 bits per heavy atom. The molecule has 0 unspecified atom stereocenters. The van der Waals surface area contributed by atoms with E-state index in [0.717, 1.165) is 10.0 Å².